The molecule has 3 nitrogen and oxygen atoms in total. The van der Waals surface area contributed by atoms with E-state index in [1.54, 1.807) is 6.92 Å². The lowest BCUT2D eigenvalue weighted by atomic mass is 9.99. The number of hydrogen-bond acceptors (Lipinski definition) is 3. The van der Waals surface area contributed by atoms with Gasteiger partial charge < -0.3 is 4.90 Å². The van der Waals surface area contributed by atoms with Crippen LogP contribution < -0.4 is 0 Å². The summed E-state index contributed by atoms with van der Waals surface area (Å²) in [6.07, 6.45) is -3.72. The van der Waals surface area contributed by atoms with E-state index in [1.807, 2.05) is 6.92 Å². The Balaban J connectivity index is 2.00. The van der Waals surface area contributed by atoms with Crippen LogP contribution in [0.4, 0.5) is 13.2 Å². The van der Waals surface area contributed by atoms with Gasteiger partial charge in [-0.3, -0.25) is 0 Å². The van der Waals surface area contributed by atoms with Crippen molar-refractivity contribution in [3.63, 3.8) is 0 Å². The van der Waals surface area contributed by atoms with Crippen LogP contribution in [-0.4, -0.2) is 44.0 Å². The van der Waals surface area contributed by atoms with Crippen molar-refractivity contribution in [3.05, 3.63) is 35.4 Å². The second-order valence-corrected chi connectivity index (χ2v) is 8.83. The van der Waals surface area contributed by atoms with Crippen LogP contribution in [-0.2, 0) is 16.0 Å². The molecule has 1 aromatic rings. The Hall–Kier alpha value is -1.08. The smallest absolute Gasteiger partial charge is 0.302 e. The van der Waals surface area contributed by atoms with Gasteiger partial charge in [-0.05, 0) is 43.5 Å². The Morgan fingerprint density at radius 3 is 2.39 bits per heavy atom. The highest BCUT2D eigenvalue weighted by Crippen LogP contribution is 2.30. The molecule has 7 heteroatoms. The number of benzene rings is 1. The predicted molar refractivity (Wildman–Crippen MR) is 84.2 cm³/mol. The minimum Gasteiger partial charge on any atom is -0.302 e. The molecule has 0 radical (unpaired) electrons. The minimum absolute atomic E-state index is 0.0494. The van der Waals surface area contributed by atoms with Gasteiger partial charge in [0, 0.05) is 13.1 Å². The molecule has 1 fully saturated rings. The maximum atomic E-state index is 12.6. The number of sulfone groups is 1. The first kappa shape index (κ1) is 18.3. The van der Waals surface area contributed by atoms with Crippen LogP contribution in [0.5, 0.6) is 0 Å². The van der Waals surface area contributed by atoms with Gasteiger partial charge in [-0.1, -0.05) is 19.1 Å². The van der Waals surface area contributed by atoms with E-state index in [-0.39, 0.29) is 16.9 Å². The zero-order valence-corrected chi connectivity index (χ0v) is 14.1. The van der Waals surface area contributed by atoms with Gasteiger partial charge in [0.15, 0.2) is 9.84 Å². The number of hydrogen-bond donors (Lipinski definition) is 0. The van der Waals surface area contributed by atoms with Gasteiger partial charge in [0.1, 0.15) is 0 Å². The molecule has 1 aliphatic heterocycles. The van der Waals surface area contributed by atoms with Gasteiger partial charge in [-0.15, -0.1) is 0 Å². The van der Waals surface area contributed by atoms with E-state index in [9.17, 15) is 21.6 Å². The summed E-state index contributed by atoms with van der Waals surface area (Å²) in [5, 5.41) is -0.325. The molecule has 1 aromatic carbocycles. The summed E-state index contributed by atoms with van der Waals surface area (Å²) >= 11 is 0. The van der Waals surface area contributed by atoms with Gasteiger partial charge in [0.05, 0.1) is 16.6 Å². The molecule has 2 atom stereocenters. The Bertz CT molecular complexity index is 626. The summed E-state index contributed by atoms with van der Waals surface area (Å²) in [5.74, 6) is 0.196. The maximum absolute atomic E-state index is 12.6. The number of alkyl halides is 3. The van der Waals surface area contributed by atoms with E-state index in [2.05, 4.69) is 4.90 Å². The quantitative estimate of drug-likeness (QED) is 0.840. The molecule has 2 rings (SSSR count). The van der Waals surface area contributed by atoms with Gasteiger partial charge in [-0.2, -0.15) is 13.2 Å². The molecular formula is C16H22F3NO2S. The minimum atomic E-state index is -4.32. The summed E-state index contributed by atoms with van der Waals surface area (Å²) < 4.78 is 61.6. The number of halogens is 3. The number of nitrogens with zero attached hydrogens (tertiary/aromatic N) is 1. The standard InChI is InChI=1S/C16H22F3NO2S/c1-12(14-3-5-15(6-4-14)16(17,18)19)11-20-8-7-13(2)23(21,22)10-9-20/h3-6,12-13H,7-11H2,1-2H3. The molecule has 1 saturated heterocycles. The maximum Gasteiger partial charge on any atom is 0.416 e. The first-order valence-electron chi connectivity index (χ1n) is 7.70. The van der Waals surface area contributed by atoms with Crippen LogP contribution in [0, 0.1) is 0 Å². The van der Waals surface area contributed by atoms with Crippen molar-refractivity contribution in [2.45, 2.75) is 37.6 Å². The molecule has 0 spiro atoms. The molecule has 1 heterocycles. The second-order valence-electron chi connectivity index (χ2n) is 6.29. The molecule has 0 N–H and O–H groups in total. The second kappa shape index (κ2) is 6.81. The van der Waals surface area contributed by atoms with Crippen LogP contribution in [0.3, 0.4) is 0 Å². The Morgan fingerprint density at radius 2 is 1.83 bits per heavy atom. The summed E-state index contributed by atoms with van der Waals surface area (Å²) in [6, 6.07) is 5.21. The molecule has 130 valence electrons. The molecule has 1 aliphatic rings. The molecule has 0 saturated carbocycles. The Kier molecular flexibility index (Phi) is 5.41. The molecule has 0 bridgehead atoms. The van der Waals surface area contributed by atoms with E-state index in [4.69, 9.17) is 0 Å². The van der Waals surface area contributed by atoms with Crippen molar-refractivity contribution in [2.75, 3.05) is 25.4 Å². The fraction of sp³-hybridized carbons (Fsp3) is 0.625. The first-order chi connectivity index (χ1) is 10.6. The van der Waals surface area contributed by atoms with E-state index < -0.39 is 21.6 Å². The molecule has 2 unspecified atom stereocenters. The summed E-state index contributed by atoms with van der Waals surface area (Å²) in [7, 11) is -3.02. The Labute approximate surface area is 135 Å². The lowest BCUT2D eigenvalue weighted by Gasteiger charge is -2.24. The van der Waals surface area contributed by atoms with Crippen LogP contribution in [0.1, 0.15) is 37.3 Å². The molecule has 0 aromatic heterocycles. The van der Waals surface area contributed by atoms with E-state index in [0.29, 0.717) is 26.1 Å². The van der Waals surface area contributed by atoms with Crippen molar-refractivity contribution in [2.24, 2.45) is 0 Å². The van der Waals surface area contributed by atoms with Crippen LogP contribution >= 0.6 is 0 Å². The predicted octanol–water partition coefficient (Wildman–Crippen LogP) is 3.32. The van der Waals surface area contributed by atoms with Gasteiger partial charge in [0.2, 0.25) is 0 Å². The third-order valence-corrected chi connectivity index (χ3v) is 6.71. The molecule has 23 heavy (non-hydrogen) atoms. The molecular weight excluding hydrogens is 327 g/mol. The topological polar surface area (TPSA) is 37.4 Å². The zero-order chi connectivity index (χ0) is 17.3. The fourth-order valence-corrected chi connectivity index (χ4v) is 4.17. The molecule has 0 amide bonds. The highest BCUT2D eigenvalue weighted by Gasteiger charge is 2.30. The monoisotopic (exact) mass is 349 g/mol. The average Bonchev–Trinajstić information content (AvgIpc) is 2.59. The third kappa shape index (κ3) is 4.70. The van der Waals surface area contributed by atoms with Crippen LogP contribution in [0.15, 0.2) is 24.3 Å². The van der Waals surface area contributed by atoms with E-state index in [1.165, 1.54) is 12.1 Å². The highest BCUT2D eigenvalue weighted by molar-refractivity contribution is 7.92. The molecule has 0 aliphatic carbocycles. The summed E-state index contributed by atoms with van der Waals surface area (Å²) in [6.45, 7) is 5.51. The van der Waals surface area contributed by atoms with E-state index in [0.717, 1.165) is 17.7 Å². The first-order valence-corrected chi connectivity index (χ1v) is 9.42. The summed E-state index contributed by atoms with van der Waals surface area (Å²) in [5.41, 5.74) is 0.182. The number of rotatable bonds is 3. The normalized spacial score (nSPS) is 24.1. The van der Waals surface area contributed by atoms with Crippen molar-refractivity contribution in [3.8, 4) is 0 Å². The van der Waals surface area contributed by atoms with Gasteiger partial charge in [-0.25, -0.2) is 8.42 Å². The third-order valence-electron chi connectivity index (χ3n) is 4.50. The van der Waals surface area contributed by atoms with E-state index >= 15 is 0 Å². The van der Waals surface area contributed by atoms with Gasteiger partial charge in [0.25, 0.3) is 0 Å². The lowest BCUT2D eigenvalue weighted by molar-refractivity contribution is -0.137. The summed E-state index contributed by atoms with van der Waals surface area (Å²) in [4.78, 5) is 2.09. The SMILES string of the molecule is CC(CN1CCC(C)S(=O)(=O)CC1)c1ccc(C(F)(F)F)cc1. The van der Waals surface area contributed by atoms with Gasteiger partial charge >= 0.3 is 6.18 Å². The van der Waals surface area contributed by atoms with Crippen molar-refractivity contribution in [1.29, 1.82) is 0 Å². The highest BCUT2D eigenvalue weighted by atomic mass is 32.2. The lowest BCUT2D eigenvalue weighted by Crippen LogP contribution is -2.30. The van der Waals surface area contributed by atoms with Crippen molar-refractivity contribution < 1.29 is 21.6 Å². The average molecular weight is 349 g/mol. The zero-order valence-electron chi connectivity index (χ0n) is 13.3. The largest absolute Gasteiger partial charge is 0.416 e. The van der Waals surface area contributed by atoms with Crippen LogP contribution in [0.2, 0.25) is 0 Å². The van der Waals surface area contributed by atoms with Crippen molar-refractivity contribution in [1.82, 2.24) is 4.90 Å². The van der Waals surface area contributed by atoms with Crippen LogP contribution in [0.25, 0.3) is 0 Å². The fourth-order valence-electron chi connectivity index (χ4n) is 2.79. The van der Waals surface area contributed by atoms with Crippen molar-refractivity contribution >= 4 is 9.84 Å². The Morgan fingerprint density at radius 1 is 1.22 bits per heavy atom.